The lowest BCUT2D eigenvalue weighted by molar-refractivity contribution is 0.438. The van der Waals surface area contributed by atoms with E-state index in [1.165, 1.54) is 33.4 Å². The van der Waals surface area contributed by atoms with Crippen LogP contribution in [0.15, 0.2) is 175 Å². The first kappa shape index (κ1) is 28.1. The Morgan fingerprint density at radius 3 is 1.88 bits per heavy atom. The third-order valence-corrected chi connectivity index (χ3v) is 11.2. The van der Waals surface area contributed by atoms with Gasteiger partial charge in [-0.05, 0) is 63.7 Å². The number of allylic oxidation sites excluding steroid dienone is 1. The van der Waals surface area contributed by atoms with Crippen molar-refractivity contribution in [2.24, 2.45) is 4.99 Å². The van der Waals surface area contributed by atoms with Crippen molar-refractivity contribution in [3.05, 3.63) is 208 Å². The SMILES string of the molecule is C1=C(c2ccccc2)NC(c2ccccc2)N=C1c1ccc(-c2cccc3c2Oc2ccccc2C32c3ccccc3-c3ccccc32)s1. The van der Waals surface area contributed by atoms with Crippen LogP contribution in [0.4, 0.5) is 0 Å². The molecule has 1 aliphatic carbocycles. The Hall–Kier alpha value is -5.97. The van der Waals surface area contributed by atoms with Crippen LogP contribution in [-0.4, -0.2) is 5.71 Å². The molecule has 0 saturated carbocycles. The number of para-hydroxylation sites is 2. The quantitative estimate of drug-likeness (QED) is 0.206. The lowest BCUT2D eigenvalue weighted by Gasteiger charge is -2.40. The highest BCUT2D eigenvalue weighted by Crippen LogP contribution is 2.63. The average Bonchev–Trinajstić information content (AvgIpc) is 3.78. The summed E-state index contributed by atoms with van der Waals surface area (Å²) < 4.78 is 6.94. The standard InChI is InChI=1S/C45H30N2OS/c1-3-14-29(15-4-1)38-28-39(47-44(46-38)30-16-5-2-6-17-30)42-27-26-41(49-42)33-20-13-24-37-43(33)48-40-25-12-11-23-36(40)45(37)34-21-9-7-18-31(34)32-19-8-10-22-35(32)45/h1-28,44,46H. The Labute approximate surface area is 289 Å². The van der Waals surface area contributed by atoms with Crippen LogP contribution in [0.3, 0.4) is 0 Å². The van der Waals surface area contributed by atoms with E-state index >= 15 is 0 Å². The number of rotatable bonds is 4. The molecule has 4 heteroatoms. The summed E-state index contributed by atoms with van der Waals surface area (Å²) in [6.07, 6.45) is 1.99. The molecule has 3 heterocycles. The normalized spacial score (nSPS) is 16.3. The minimum absolute atomic E-state index is 0.186. The molecule has 0 amide bonds. The van der Waals surface area contributed by atoms with E-state index in [2.05, 4.69) is 169 Å². The zero-order valence-corrected chi connectivity index (χ0v) is 27.3. The lowest BCUT2D eigenvalue weighted by Crippen LogP contribution is -2.32. The maximum atomic E-state index is 6.94. The molecule has 0 saturated heterocycles. The number of fused-ring (bicyclic) bond motifs is 9. The highest BCUT2D eigenvalue weighted by atomic mass is 32.1. The first-order valence-corrected chi connectivity index (χ1v) is 17.5. The molecule has 10 rings (SSSR count). The molecule has 7 aromatic rings. The van der Waals surface area contributed by atoms with Gasteiger partial charge in [-0.2, -0.15) is 0 Å². The van der Waals surface area contributed by atoms with Crippen molar-refractivity contribution < 1.29 is 4.74 Å². The molecule has 2 aliphatic heterocycles. The van der Waals surface area contributed by atoms with E-state index in [1.807, 2.05) is 6.07 Å². The van der Waals surface area contributed by atoms with E-state index in [0.29, 0.717) is 0 Å². The van der Waals surface area contributed by atoms with Crippen molar-refractivity contribution >= 4 is 22.7 Å². The van der Waals surface area contributed by atoms with Gasteiger partial charge in [-0.15, -0.1) is 11.3 Å². The minimum atomic E-state index is -0.483. The maximum Gasteiger partial charge on any atom is 0.145 e. The Kier molecular flexibility index (Phi) is 6.33. The highest BCUT2D eigenvalue weighted by molar-refractivity contribution is 7.17. The lowest BCUT2D eigenvalue weighted by atomic mass is 9.66. The monoisotopic (exact) mass is 646 g/mol. The second-order valence-corrected chi connectivity index (χ2v) is 13.8. The van der Waals surface area contributed by atoms with Crippen molar-refractivity contribution in [3.63, 3.8) is 0 Å². The summed E-state index contributed by atoms with van der Waals surface area (Å²) >= 11 is 1.76. The molecule has 3 nitrogen and oxygen atoms in total. The topological polar surface area (TPSA) is 33.6 Å². The summed E-state index contributed by atoms with van der Waals surface area (Å²) in [7, 11) is 0. The number of nitrogens with one attached hydrogen (secondary N) is 1. The predicted molar refractivity (Wildman–Crippen MR) is 200 cm³/mol. The van der Waals surface area contributed by atoms with E-state index in [9.17, 15) is 0 Å². The number of hydrogen-bond donors (Lipinski definition) is 1. The minimum Gasteiger partial charge on any atom is -0.456 e. The van der Waals surface area contributed by atoms with Gasteiger partial charge in [0.05, 0.1) is 16.0 Å². The van der Waals surface area contributed by atoms with Crippen LogP contribution in [0.2, 0.25) is 0 Å². The Balaban J connectivity index is 1.14. The molecule has 1 N–H and O–H groups in total. The molecule has 49 heavy (non-hydrogen) atoms. The number of aliphatic imine (C=N–C) groups is 1. The molecular formula is C45H30N2OS. The molecule has 6 aromatic carbocycles. The first-order chi connectivity index (χ1) is 24.3. The van der Waals surface area contributed by atoms with Gasteiger partial charge < -0.3 is 10.1 Å². The molecule has 1 atom stereocenters. The van der Waals surface area contributed by atoms with Gasteiger partial charge in [0.15, 0.2) is 0 Å². The van der Waals surface area contributed by atoms with Gasteiger partial charge in [-0.3, -0.25) is 4.99 Å². The third kappa shape index (κ3) is 4.24. The molecule has 1 aromatic heterocycles. The van der Waals surface area contributed by atoms with Crippen LogP contribution in [0.1, 0.15) is 44.4 Å². The summed E-state index contributed by atoms with van der Waals surface area (Å²) in [6, 6.07) is 58.3. The molecule has 1 unspecified atom stereocenters. The van der Waals surface area contributed by atoms with E-state index < -0.39 is 5.41 Å². The van der Waals surface area contributed by atoms with Crippen LogP contribution >= 0.6 is 11.3 Å². The van der Waals surface area contributed by atoms with Gasteiger partial charge in [0, 0.05) is 27.3 Å². The summed E-state index contributed by atoms with van der Waals surface area (Å²) in [5.41, 5.74) is 12.4. The molecule has 0 bridgehead atoms. The molecule has 1 spiro atoms. The fourth-order valence-electron chi connectivity index (χ4n) is 7.94. The van der Waals surface area contributed by atoms with Gasteiger partial charge >= 0.3 is 0 Å². The number of thiophene rings is 1. The average molecular weight is 647 g/mol. The van der Waals surface area contributed by atoms with E-state index in [4.69, 9.17) is 9.73 Å². The summed E-state index contributed by atoms with van der Waals surface area (Å²) in [4.78, 5) is 7.50. The summed E-state index contributed by atoms with van der Waals surface area (Å²) in [5.74, 6) is 1.81. The van der Waals surface area contributed by atoms with Crippen molar-refractivity contribution in [2.45, 2.75) is 11.6 Å². The Bertz CT molecular complexity index is 2410. The highest BCUT2D eigenvalue weighted by Gasteiger charge is 2.51. The molecular weight excluding hydrogens is 617 g/mol. The van der Waals surface area contributed by atoms with Gasteiger partial charge in [0.1, 0.15) is 17.7 Å². The second-order valence-electron chi connectivity index (χ2n) is 12.7. The van der Waals surface area contributed by atoms with E-state index in [0.717, 1.165) is 49.4 Å². The van der Waals surface area contributed by atoms with Gasteiger partial charge in [-0.1, -0.05) is 140 Å². The Morgan fingerprint density at radius 2 is 1.12 bits per heavy atom. The van der Waals surface area contributed by atoms with Crippen molar-refractivity contribution in [2.75, 3.05) is 0 Å². The van der Waals surface area contributed by atoms with Crippen molar-refractivity contribution in [3.8, 4) is 33.1 Å². The fourth-order valence-corrected chi connectivity index (χ4v) is 8.94. The maximum absolute atomic E-state index is 6.94. The van der Waals surface area contributed by atoms with Crippen LogP contribution in [-0.2, 0) is 5.41 Å². The largest absolute Gasteiger partial charge is 0.456 e. The summed E-state index contributed by atoms with van der Waals surface area (Å²) in [6.45, 7) is 0. The van der Waals surface area contributed by atoms with Crippen LogP contribution in [0.25, 0.3) is 27.3 Å². The fraction of sp³-hybridized carbons (Fsp3) is 0.0444. The zero-order chi connectivity index (χ0) is 32.4. The molecule has 0 radical (unpaired) electrons. The zero-order valence-electron chi connectivity index (χ0n) is 26.5. The van der Waals surface area contributed by atoms with Gasteiger partial charge in [-0.25, -0.2) is 0 Å². The van der Waals surface area contributed by atoms with Crippen LogP contribution < -0.4 is 10.1 Å². The van der Waals surface area contributed by atoms with Gasteiger partial charge in [0.2, 0.25) is 0 Å². The number of benzene rings is 6. The smallest absolute Gasteiger partial charge is 0.145 e. The molecule has 3 aliphatic rings. The van der Waals surface area contributed by atoms with E-state index in [1.54, 1.807) is 11.3 Å². The molecule has 0 fully saturated rings. The summed E-state index contributed by atoms with van der Waals surface area (Å²) in [5, 5.41) is 3.68. The second kappa shape index (κ2) is 11.0. The van der Waals surface area contributed by atoms with Crippen molar-refractivity contribution in [1.29, 1.82) is 0 Å². The first-order valence-electron chi connectivity index (χ1n) is 16.7. The van der Waals surface area contributed by atoms with Crippen LogP contribution in [0.5, 0.6) is 11.5 Å². The number of nitrogens with zero attached hydrogens (tertiary/aromatic N) is 1. The predicted octanol–water partition coefficient (Wildman–Crippen LogP) is 11.0. The van der Waals surface area contributed by atoms with Crippen molar-refractivity contribution in [1.82, 2.24) is 5.32 Å². The van der Waals surface area contributed by atoms with Crippen LogP contribution in [0, 0.1) is 0 Å². The molecule has 232 valence electrons. The Morgan fingerprint density at radius 1 is 0.531 bits per heavy atom. The van der Waals surface area contributed by atoms with E-state index in [-0.39, 0.29) is 6.17 Å². The third-order valence-electron chi connectivity index (χ3n) is 10.0. The number of ether oxygens (including phenoxy) is 1. The number of hydrogen-bond acceptors (Lipinski definition) is 4. The van der Waals surface area contributed by atoms with Gasteiger partial charge in [0.25, 0.3) is 0 Å².